The number of benzene rings is 1. The average molecular weight is 423 g/mol. The molecule has 0 saturated carbocycles. The number of fused-ring (bicyclic) bond motifs is 2. The van der Waals surface area contributed by atoms with Crippen molar-refractivity contribution >= 4 is 29.2 Å². The number of nitrogens with one attached hydrogen (secondary N) is 1. The predicted molar refractivity (Wildman–Crippen MR) is 115 cm³/mol. The Morgan fingerprint density at radius 2 is 1.94 bits per heavy atom. The lowest BCUT2D eigenvalue weighted by molar-refractivity contribution is -0.129. The van der Waals surface area contributed by atoms with E-state index in [0.717, 1.165) is 12.8 Å². The summed E-state index contributed by atoms with van der Waals surface area (Å²) >= 11 is 0. The van der Waals surface area contributed by atoms with Crippen LogP contribution in [0.5, 0.6) is 11.5 Å². The second kappa shape index (κ2) is 9.59. The number of urea groups is 1. The van der Waals surface area contributed by atoms with Crippen LogP contribution in [-0.4, -0.2) is 48.2 Å². The summed E-state index contributed by atoms with van der Waals surface area (Å²) in [7, 11) is 0. The lowest BCUT2D eigenvalue weighted by atomic mass is 9.95. The van der Waals surface area contributed by atoms with E-state index in [9.17, 15) is 14.4 Å². The van der Waals surface area contributed by atoms with Crippen LogP contribution in [0.1, 0.15) is 32.1 Å². The molecule has 1 aromatic rings. The molecule has 162 valence electrons. The Morgan fingerprint density at radius 3 is 2.81 bits per heavy atom. The SMILES string of the molecule is O=C(CCCCCN1C(=O)N=C2C=CC=CC2C1=O)Nc1ccc2c(c1)OCCCO2. The molecule has 0 aromatic heterocycles. The number of carbonyl (C=O) groups excluding carboxylic acids is 3. The molecule has 1 aromatic carbocycles. The Bertz CT molecular complexity index is 966. The molecule has 2 heterocycles. The maximum Gasteiger partial charge on any atom is 0.350 e. The summed E-state index contributed by atoms with van der Waals surface area (Å²) in [4.78, 5) is 42.1. The Hall–Kier alpha value is -3.42. The van der Waals surface area contributed by atoms with Gasteiger partial charge in [-0.15, -0.1) is 0 Å². The first-order chi connectivity index (χ1) is 15.1. The highest BCUT2D eigenvalue weighted by atomic mass is 16.5. The Labute approximate surface area is 180 Å². The second-order valence-corrected chi connectivity index (χ2v) is 7.60. The summed E-state index contributed by atoms with van der Waals surface area (Å²) in [6.07, 6.45) is 10.2. The van der Waals surface area contributed by atoms with Crippen molar-refractivity contribution in [1.29, 1.82) is 0 Å². The van der Waals surface area contributed by atoms with Crippen molar-refractivity contribution in [2.75, 3.05) is 25.1 Å². The molecule has 0 radical (unpaired) electrons. The van der Waals surface area contributed by atoms with Gasteiger partial charge in [-0.2, -0.15) is 4.99 Å². The number of imide groups is 1. The fourth-order valence-electron chi connectivity index (χ4n) is 3.68. The molecule has 31 heavy (non-hydrogen) atoms. The van der Waals surface area contributed by atoms with Crippen molar-refractivity contribution < 1.29 is 23.9 Å². The van der Waals surface area contributed by atoms with E-state index in [1.165, 1.54) is 4.90 Å². The zero-order valence-corrected chi connectivity index (χ0v) is 17.2. The zero-order valence-electron chi connectivity index (χ0n) is 17.2. The minimum Gasteiger partial charge on any atom is -0.490 e. The quantitative estimate of drug-likeness (QED) is 0.677. The van der Waals surface area contributed by atoms with Crippen molar-refractivity contribution in [3.05, 3.63) is 42.5 Å². The van der Waals surface area contributed by atoms with E-state index in [0.29, 0.717) is 61.9 Å². The van der Waals surface area contributed by atoms with Crippen molar-refractivity contribution in [3.8, 4) is 11.5 Å². The molecule has 2 aliphatic heterocycles. The largest absolute Gasteiger partial charge is 0.490 e. The number of anilines is 1. The smallest absolute Gasteiger partial charge is 0.350 e. The van der Waals surface area contributed by atoms with Gasteiger partial charge < -0.3 is 14.8 Å². The first kappa shape index (κ1) is 20.8. The summed E-state index contributed by atoms with van der Waals surface area (Å²) in [5.74, 6) is 0.535. The number of nitrogens with zero attached hydrogens (tertiary/aromatic N) is 2. The van der Waals surface area contributed by atoms with E-state index < -0.39 is 11.9 Å². The Morgan fingerprint density at radius 1 is 1.10 bits per heavy atom. The van der Waals surface area contributed by atoms with Crippen molar-refractivity contribution in [2.45, 2.75) is 32.1 Å². The lowest BCUT2D eigenvalue weighted by Crippen LogP contribution is -2.46. The van der Waals surface area contributed by atoms with Gasteiger partial charge in [-0.1, -0.05) is 24.6 Å². The van der Waals surface area contributed by atoms with E-state index in [4.69, 9.17) is 9.47 Å². The van der Waals surface area contributed by atoms with Gasteiger partial charge in [0, 0.05) is 31.1 Å². The van der Waals surface area contributed by atoms with Gasteiger partial charge in [0.2, 0.25) is 11.8 Å². The number of allylic oxidation sites excluding steroid dienone is 3. The molecule has 1 aliphatic carbocycles. The molecular weight excluding hydrogens is 398 g/mol. The van der Waals surface area contributed by atoms with Gasteiger partial charge in [-0.05, 0) is 31.1 Å². The van der Waals surface area contributed by atoms with Crippen molar-refractivity contribution in [1.82, 2.24) is 4.90 Å². The van der Waals surface area contributed by atoms with Crippen LogP contribution >= 0.6 is 0 Å². The molecule has 4 amide bonds. The van der Waals surface area contributed by atoms with Crippen LogP contribution < -0.4 is 14.8 Å². The maximum absolute atomic E-state index is 12.5. The van der Waals surface area contributed by atoms with Gasteiger partial charge >= 0.3 is 6.03 Å². The van der Waals surface area contributed by atoms with Gasteiger partial charge in [-0.25, -0.2) is 4.79 Å². The summed E-state index contributed by atoms with van der Waals surface area (Å²) in [6, 6.07) is 4.86. The van der Waals surface area contributed by atoms with Crippen molar-refractivity contribution in [2.24, 2.45) is 10.9 Å². The van der Waals surface area contributed by atoms with Crippen LogP contribution in [0.2, 0.25) is 0 Å². The van der Waals surface area contributed by atoms with Gasteiger partial charge in [0.25, 0.3) is 0 Å². The molecular formula is C23H25N3O5. The third-order valence-electron chi connectivity index (χ3n) is 5.30. The molecule has 4 rings (SSSR count). The highest BCUT2D eigenvalue weighted by Gasteiger charge is 2.35. The molecule has 1 atom stereocenters. The zero-order chi connectivity index (χ0) is 21.6. The van der Waals surface area contributed by atoms with Crippen molar-refractivity contribution in [3.63, 3.8) is 0 Å². The van der Waals surface area contributed by atoms with Crippen LogP contribution in [0.25, 0.3) is 0 Å². The van der Waals surface area contributed by atoms with Gasteiger partial charge in [0.05, 0.1) is 24.8 Å². The van der Waals surface area contributed by atoms with E-state index >= 15 is 0 Å². The van der Waals surface area contributed by atoms with Crippen LogP contribution in [0, 0.1) is 5.92 Å². The fraction of sp³-hybridized carbons (Fsp3) is 0.391. The highest BCUT2D eigenvalue weighted by Crippen LogP contribution is 2.32. The molecule has 8 nitrogen and oxygen atoms in total. The third kappa shape index (κ3) is 5.02. The van der Waals surface area contributed by atoms with E-state index in [1.54, 1.807) is 42.5 Å². The van der Waals surface area contributed by atoms with E-state index in [-0.39, 0.29) is 11.8 Å². The topological polar surface area (TPSA) is 97.3 Å². The summed E-state index contributed by atoms with van der Waals surface area (Å²) < 4.78 is 11.2. The van der Waals surface area contributed by atoms with Gasteiger partial charge in [-0.3, -0.25) is 14.5 Å². The fourth-order valence-corrected chi connectivity index (χ4v) is 3.68. The molecule has 0 saturated heterocycles. The summed E-state index contributed by atoms with van der Waals surface area (Å²) in [5, 5.41) is 2.87. The molecule has 0 fully saturated rings. The van der Waals surface area contributed by atoms with Crippen LogP contribution in [-0.2, 0) is 9.59 Å². The molecule has 0 bridgehead atoms. The number of amides is 4. The molecule has 8 heteroatoms. The predicted octanol–water partition coefficient (Wildman–Crippen LogP) is 3.49. The normalized spacial score (nSPS) is 19.5. The molecule has 1 N–H and O–H groups in total. The monoisotopic (exact) mass is 423 g/mol. The molecule has 0 spiro atoms. The number of hydrogen-bond acceptors (Lipinski definition) is 5. The maximum atomic E-state index is 12.5. The van der Waals surface area contributed by atoms with Crippen LogP contribution in [0.15, 0.2) is 47.5 Å². The number of ether oxygens (including phenoxy) is 2. The number of hydrogen-bond donors (Lipinski definition) is 1. The third-order valence-corrected chi connectivity index (χ3v) is 5.30. The summed E-state index contributed by atoms with van der Waals surface area (Å²) in [5.41, 5.74) is 1.17. The Balaban J connectivity index is 1.19. The summed E-state index contributed by atoms with van der Waals surface area (Å²) in [6.45, 7) is 1.52. The minimum atomic E-state index is -0.511. The number of carbonyl (C=O) groups is 3. The lowest BCUT2D eigenvalue weighted by Gasteiger charge is -2.28. The van der Waals surface area contributed by atoms with Crippen LogP contribution in [0.4, 0.5) is 10.5 Å². The first-order valence-corrected chi connectivity index (χ1v) is 10.6. The van der Waals surface area contributed by atoms with Gasteiger partial charge in [0.1, 0.15) is 0 Å². The number of unbranched alkanes of at least 4 members (excludes halogenated alkanes) is 2. The molecule has 1 unspecified atom stereocenters. The second-order valence-electron chi connectivity index (χ2n) is 7.60. The van der Waals surface area contributed by atoms with Crippen LogP contribution in [0.3, 0.4) is 0 Å². The van der Waals surface area contributed by atoms with E-state index in [2.05, 4.69) is 10.3 Å². The van der Waals surface area contributed by atoms with Gasteiger partial charge in [0.15, 0.2) is 11.5 Å². The van der Waals surface area contributed by atoms with E-state index in [1.807, 2.05) is 0 Å². The average Bonchev–Trinajstić information content (AvgIpc) is 3.00. The molecule has 3 aliphatic rings. The Kier molecular flexibility index (Phi) is 6.45. The number of aliphatic imine (C=N–C) groups is 1. The highest BCUT2D eigenvalue weighted by molar-refractivity contribution is 6.21. The first-order valence-electron chi connectivity index (χ1n) is 10.6. The minimum absolute atomic E-state index is 0.0898. The standard InChI is InChI=1S/C23H25N3O5/c27-21(24-16-10-11-19-20(15-16)31-14-6-13-30-19)9-2-1-5-12-26-22(28)17-7-3-4-8-18(17)25-23(26)29/h3-4,7-8,10-11,15,17H,1-2,5-6,9,12-14H2,(H,24,27). The number of rotatable bonds is 7.